The maximum absolute atomic E-state index is 9.28. The van der Waals surface area contributed by atoms with Crippen molar-refractivity contribution in [3.05, 3.63) is 59.2 Å². The van der Waals surface area contributed by atoms with Crippen LogP contribution in [-0.2, 0) is 0 Å². The fraction of sp³-hybridized carbons (Fsp3) is 0.176. The van der Waals surface area contributed by atoms with Crippen LogP contribution < -0.4 is 10.7 Å². The number of hydrogen-bond donors (Lipinski definition) is 3. The molecule has 0 unspecified atom stereocenters. The number of rotatable bonds is 3. The Kier molecular flexibility index (Phi) is 5.12. The van der Waals surface area contributed by atoms with Crippen LogP contribution in [0.1, 0.15) is 23.6 Å². The van der Waals surface area contributed by atoms with Crippen LogP contribution >= 0.6 is 12.2 Å². The van der Waals surface area contributed by atoms with Gasteiger partial charge >= 0.3 is 0 Å². The van der Waals surface area contributed by atoms with E-state index in [2.05, 4.69) is 21.9 Å². The van der Waals surface area contributed by atoms with Gasteiger partial charge in [-0.3, -0.25) is 5.43 Å². The fourth-order valence-corrected chi connectivity index (χ4v) is 2.08. The summed E-state index contributed by atoms with van der Waals surface area (Å²) in [6.07, 6.45) is 0. The molecule has 114 valence electrons. The Morgan fingerprint density at radius 3 is 2.45 bits per heavy atom. The number of hydrazone groups is 1. The molecule has 0 amide bonds. The Balaban J connectivity index is 2.01. The van der Waals surface area contributed by atoms with Crippen LogP contribution in [0.5, 0.6) is 5.75 Å². The summed E-state index contributed by atoms with van der Waals surface area (Å²) in [5.74, 6) is 0.233. The van der Waals surface area contributed by atoms with Crippen molar-refractivity contribution in [3.8, 4) is 5.75 Å². The monoisotopic (exact) mass is 313 g/mol. The third kappa shape index (κ3) is 4.30. The molecule has 0 heterocycles. The van der Waals surface area contributed by atoms with E-state index < -0.39 is 0 Å². The number of aryl methyl sites for hydroxylation is 2. The van der Waals surface area contributed by atoms with Crippen LogP contribution in [-0.4, -0.2) is 15.9 Å². The first-order valence-corrected chi connectivity index (χ1v) is 7.34. The van der Waals surface area contributed by atoms with Crippen molar-refractivity contribution in [2.24, 2.45) is 5.10 Å². The molecular weight excluding hydrogens is 294 g/mol. The number of nitrogens with zero attached hydrogens (tertiary/aromatic N) is 1. The number of nitrogens with one attached hydrogen (secondary N) is 2. The van der Waals surface area contributed by atoms with Crippen LogP contribution in [0.4, 0.5) is 5.69 Å². The van der Waals surface area contributed by atoms with Gasteiger partial charge in [-0.05, 0) is 80.0 Å². The van der Waals surface area contributed by atoms with Crippen molar-refractivity contribution >= 4 is 28.7 Å². The van der Waals surface area contributed by atoms with Crippen LogP contribution in [0, 0.1) is 13.8 Å². The van der Waals surface area contributed by atoms with Gasteiger partial charge in [-0.25, -0.2) is 0 Å². The van der Waals surface area contributed by atoms with E-state index in [1.165, 1.54) is 5.56 Å². The van der Waals surface area contributed by atoms with Crippen LogP contribution in [0.25, 0.3) is 0 Å². The molecule has 0 radical (unpaired) electrons. The molecule has 2 aromatic rings. The molecule has 0 aliphatic heterocycles. The molecule has 2 rings (SSSR count). The summed E-state index contributed by atoms with van der Waals surface area (Å²) in [7, 11) is 0. The summed E-state index contributed by atoms with van der Waals surface area (Å²) in [6, 6.07) is 13.0. The lowest BCUT2D eigenvalue weighted by Crippen LogP contribution is -2.25. The largest absolute Gasteiger partial charge is 0.508 e. The highest BCUT2D eigenvalue weighted by Gasteiger charge is 2.02. The lowest BCUT2D eigenvalue weighted by Gasteiger charge is -2.11. The Bertz CT molecular complexity index is 708. The Labute approximate surface area is 135 Å². The quantitative estimate of drug-likeness (QED) is 0.459. The SMILES string of the molecule is C/C(=N\NC(=S)Nc1cc(C)ccc1C)c1ccc(O)cc1. The predicted molar refractivity (Wildman–Crippen MR) is 95.6 cm³/mol. The molecule has 0 aromatic heterocycles. The molecule has 0 aliphatic rings. The molecule has 0 aliphatic carbocycles. The molecule has 3 N–H and O–H groups in total. The van der Waals surface area contributed by atoms with E-state index in [1.54, 1.807) is 24.3 Å². The van der Waals surface area contributed by atoms with Crippen molar-refractivity contribution in [2.75, 3.05) is 5.32 Å². The molecular formula is C17H19N3OS. The molecule has 0 bridgehead atoms. The van der Waals surface area contributed by atoms with E-state index in [9.17, 15) is 5.11 Å². The second-order valence-electron chi connectivity index (χ2n) is 5.13. The predicted octanol–water partition coefficient (Wildman–Crippen LogP) is 3.72. The van der Waals surface area contributed by atoms with Gasteiger partial charge in [0.25, 0.3) is 0 Å². The second kappa shape index (κ2) is 7.04. The van der Waals surface area contributed by atoms with Crippen molar-refractivity contribution in [2.45, 2.75) is 20.8 Å². The number of phenolic OH excluding ortho intramolecular Hbond substituents is 1. The van der Waals surface area contributed by atoms with Gasteiger partial charge < -0.3 is 10.4 Å². The Morgan fingerprint density at radius 1 is 1.09 bits per heavy atom. The number of aromatic hydroxyl groups is 1. The van der Waals surface area contributed by atoms with E-state index in [4.69, 9.17) is 12.2 Å². The number of hydrogen-bond acceptors (Lipinski definition) is 3. The minimum absolute atomic E-state index is 0.233. The summed E-state index contributed by atoms with van der Waals surface area (Å²) in [4.78, 5) is 0. The van der Waals surface area contributed by atoms with Gasteiger partial charge in [0.2, 0.25) is 0 Å². The molecule has 4 nitrogen and oxygen atoms in total. The van der Waals surface area contributed by atoms with Gasteiger partial charge in [-0.2, -0.15) is 5.10 Å². The van der Waals surface area contributed by atoms with Gasteiger partial charge in [0.1, 0.15) is 5.75 Å². The van der Waals surface area contributed by atoms with E-state index in [1.807, 2.05) is 32.9 Å². The van der Waals surface area contributed by atoms with Crippen molar-refractivity contribution in [1.29, 1.82) is 0 Å². The minimum atomic E-state index is 0.233. The molecule has 0 saturated heterocycles. The third-order valence-corrected chi connectivity index (χ3v) is 3.44. The average Bonchev–Trinajstić information content (AvgIpc) is 2.49. The van der Waals surface area contributed by atoms with Crippen molar-refractivity contribution in [3.63, 3.8) is 0 Å². The fourth-order valence-electron chi connectivity index (χ4n) is 1.92. The highest BCUT2D eigenvalue weighted by molar-refractivity contribution is 7.80. The second-order valence-corrected chi connectivity index (χ2v) is 5.54. The maximum Gasteiger partial charge on any atom is 0.191 e. The highest BCUT2D eigenvalue weighted by atomic mass is 32.1. The first-order chi connectivity index (χ1) is 10.5. The van der Waals surface area contributed by atoms with E-state index in [-0.39, 0.29) is 5.75 Å². The number of anilines is 1. The zero-order valence-corrected chi connectivity index (χ0v) is 13.7. The van der Waals surface area contributed by atoms with Gasteiger partial charge in [0.05, 0.1) is 5.71 Å². The van der Waals surface area contributed by atoms with Gasteiger partial charge in [0, 0.05) is 5.69 Å². The van der Waals surface area contributed by atoms with Crippen LogP contribution in [0.3, 0.4) is 0 Å². The summed E-state index contributed by atoms with van der Waals surface area (Å²) >= 11 is 5.26. The molecule has 2 aromatic carbocycles. The summed E-state index contributed by atoms with van der Waals surface area (Å²) < 4.78 is 0. The van der Waals surface area contributed by atoms with Crippen LogP contribution in [0.15, 0.2) is 47.6 Å². The lowest BCUT2D eigenvalue weighted by atomic mass is 10.1. The van der Waals surface area contributed by atoms with E-state index in [0.717, 1.165) is 22.5 Å². The standard InChI is InChI=1S/C17H19N3OS/c1-11-4-5-12(2)16(10-11)18-17(22)20-19-13(3)14-6-8-15(21)9-7-14/h4-10,21H,1-3H3,(H2,18,20,22)/b19-13+. The molecule has 22 heavy (non-hydrogen) atoms. The van der Waals surface area contributed by atoms with Crippen molar-refractivity contribution < 1.29 is 5.11 Å². The Morgan fingerprint density at radius 2 is 1.77 bits per heavy atom. The maximum atomic E-state index is 9.28. The molecule has 0 saturated carbocycles. The smallest absolute Gasteiger partial charge is 0.191 e. The Hall–Kier alpha value is -2.40. The highest BCUT2D eigenvalue weighted by Crippen LogP contribution is 2.16. The number of phenols is 1. The lowest BCUT2D eigenvalue weighted by molar-refractivity contribution is 0.475. The first-order valence-electron chi connectivity index (χ1n) is 6.93. The molecule has 5 heteroatoms. The minimum Gasteiger partial charge on any atom is -0.508 e. The summed E-state index contributed by atoms with van der Waals surface area (Å²) in [5, 5.41) is 17.1. The summed E-state index contributed by atoms with van der Waals surface area (Å²) in [5.41, 5.74) is 7.79. The zero-order valence-electron chi connectivity index (χ0n) is 12.8. The third-order valence-electron chi connectivity index (χ3n) is 3.25. The average molecular weight is 313 g/mol. The van der Waals surface area contributed by atoms with E-state index >= 15 is 0 Å². The van der Waals surface area contributed by atoms with Crippen LogP contribution in [0.2, 0.25) is 0 Å². The first kappa shape index (κ1) is 16.0. The van der Waals surface area contributed by atoms with Gasteiger partial charge in [-0.1, -0.05) is 12.1 Å². The summed E-state index contributed by atoms with van der Waals surface area (Å²) in [6.45, 7) is 5.93. The molecule has 0 atom stereocenters. The van der Waals surface area contributed by atoms with Gasteiger partial charge in [-0.15, -0.1) is 0 Å². The normalized spacial score (nSPS) is 11.1. The molecule has 0 fully saturated rings. The molecule has 0 spiro atoms. The number of benzene rings is 2. The van der Waals surface area contributed by atoms with Gasteiger partial charge in [0.15, 0.2) is 5.11 Å². The van der Waals surface area contributed by atoms with E-state index in [0.29, 0.717) is 5.11 Å². The zero-order chi connectivity index (χ0) is 16.1. The topological polar surface area (TPSA) is 56.7 Å². The van der Waals surface area contributed by atoms with Crippen molar-refractivity contribution in [1.82, 2.24) is 5.43 Å². The number of thiocarbonyl (C=S) groups is 1.